The fourth-order valence-corrected chi connectivity index (χ4v) is 0.287. The predicted octanol–water partition coefficient (Wildman–Crippen LogP) is 2.67. The lowest BCUT2D eigenvalue weighted by atomic mass is 10.4. The third-order valence-electron chi connectivity index (χ3n) is 0.984. The second-order valence-corrected chi connectivity index (χ2v) is 1.75. The summed E-state index contributed by atoms with van der Waals surface area (Å²) < 4.78 is 19.8. The highest BCUT2D eigenvalue weighted by molar-refractivity contribution is 5.59. The lowest BCUT2D eigenvalue weighted by molar-refractivity contribution is 0.0924. The third-order valence-corrected chi connectivity index (χ3v) is 0.984. The summed E-state index contributed by atoms with van der Waals surface area (Å²) >= 11 is 0. The second kappa shape index (κ2) is 9.94. The van der Waals surface area contributed by atoms with Crippen LogP contribution in [0.3, 0.4) is 0 Å². The molecule has 0 bridgehead atoms. The maximum Gasteiger partial charge on any atom is 0.507 e. The number of ether oxygens (including phenoxy) is 2. The Morgan fingerprint density at radius 3 is 1.83 bits per heavy atom. The van der Waals surface area contributed by atoms with Crippen molar-refractivity contribution >= 4 is 6.16 Å². The number of rotatable bonds is 1. The molecule has 72 valence electrons. The van der Waals surface area contributed by atoms with Gasteiger partial charge in [0.25, 0.3) is 0 Å². The van der Waals surface area contributed by atoms with Gasteiger partial charge in [0, 0.05) is 0 Å². The molecule has 3 nitrogen and oxygen atoms in total. The molecule has 0 rings (SSSR count). The molecule has 0 fully saturated rings. The van der Waals surface area contributed by atoms with Crippen molar-refractivity contribution in [2.24, 2.45) is 0 Å². The van der Waals surface area contributed by atoms with Gasteiger partial charge in [0.2, 0.25) is 0 Å². The van der Waals surface area contributed by atoms with Crippen molar-refractivity contribution < 1.29 is 18.7 Å². The van der Waals surface area contributed by atoms with Crippen LogP contribution in [0.2, 0.25) is 0 Å². The minimum absolute atomic E-state index is 0.0324. The van der Waals surface area contributed by atoms with E-state index in [1.54, 1.807) is 13.8 Å². The van der Waals surface area contributed by atoms with Gasteiger partial charge in [0.15, 0.2) is 0 Å². The lowest BCUT2D eigenvalue weighted by Gasteiger charge is -1.89. The first-order chi connectivity index (χ1) is 5.62. The van der Waals surface area contributed by atoms with Gasteiger partial charge >= 0.3 is 6.16 Å². The molecule has 12 heavy (non-hydrogen) atoms. The van der Waals surface area contributed by atoms with E-state index < -0.39 is 6.16 Å². The number of hydrogen-bond donors (Lipinski definition) is 0. The van der Waals surface area contributed by atoms with Gasteiger partial charge in [-0.15, -0.1) is 0 Å². The van der Waals surface area contributed by atoms with Crippen LogP contribution in [0.4, 0.5) is 9.18 Å². The summed E-state index contributed by atoms with van der Waals surface area (Å²) in [4.78, 5) is 9.74. The van der Waals surface area contributed by atoms with Crippen LogP contribution in [-0.2, 0) is 9.47 Å². The average molecular weight is 178 g/mol. The van der Waals surface area contributed by atoms with Crippen molar-refractivity contribution in [1.29, 1.82) is 0 Å². The van der Waals surface area contributed by atoms with Crippen LogP contribution < -0.4 is 0 Å². The molecule has 0 N–H and O–H groups in total. The maximum atomic E-state index is 11.7. The van der Waals surface area contributed by atoms with Crippen molar-refractivity contribution in [1.82, 2.24) is 0 Å². The predicted molar refractivity (Wildman–Crippen MR) is 44.6 cm³/mol. The molecule has 0 atom stereocenters. The maximum absolute atomic E-state index is 11.7. The van der Waals surface area contributed by atoms with Gasteiger partial charge in [0.05, 0.1) is 20.0 Å². The van der Waals surface area contributed by atoms with E-state index in [0.29, 0.717) is 6.42 Å². The number of halogens is 1. The van der Waals surface area contributed by atoms with Crippen molar-refractivity contribution in [3.63, 3.8) is 0 Å². The molecule has 0 heterocycles. The van der Waals surface area contributed by atoms with E-state index in [0.717, 1.165) is 0 Å². The number of carbonyl (C=O) groups excluding carboxylic acids is 1. The van der Waals surface area contributed by atoms with Gasteiger partial charge < -0.3 is 9.47 Å². The van der Waals surface area contributed by atoms with Crippen LogP contribution in [0.15, 0.2) is 11.9 Å². The first kappa shape index (κ1) is 13.5. The molecule has 0 saturated heterocycles. The Bertz CT molecular complexity index is 137. The summed E-state index contributed by atoms with van der Waals surface area (Å²) in [7, 11) is 2.51. The van der Waals surface area contributed by atoms with Gasteiger partial charge in [0.1, 0.15) is 0 Å². The SMILES string of the molecule is CC=C(F)CC.COC(=O)OC. The van der Waals surface area contributed by atoms with Crippen LogP contribution in [-0.4, -0.2) is 20.4 Å². The summed E-state index contributed by atoms with van der Waals surface area (Å²) in [6.07, 6.45) is 1.34. The van der Waals surface area contributed by atoms with Crippen LogP contribution in [0.25, 0.3) is 0 Å². The Hall–Kier alpha value is -1.06. The molecular weight excluding hydrogens is 163 g/mol. The molecule has 0 spiro atoms. The molecule has 0 aliphatic rings. The highest BCUT2D eigenvalue weighted by Gasteiger charge is 1.88. The molecule has 0 aliphatic carbocycles. The van der Waals surface area contributed by atoms with E-state index in [1.165, 1.54) is 20.3 Å². The fourth-order valence-electron chi connectivity index (χ4n) is 0.287. The number of allylic oxidation sites excluding steroid dienone is 2. The minimum atomic E-state index is -0.657. The summed E-state index contributed by atoms with van der Waals surface area (Å²) in [6, 6.07) is 0. The van der Waals surface area contributed by atoms with E-state index in [4.69, 9.17) is 0 Å². The minimum Gasteiger partial charge on any atom is -0.438 e. The number of methoxy groups -OCH3 is 2. The molecule has 0 aromatic heterocycles. The molecular formula is C8H15FO3. The molecule has 0 unspecified atom stereocenters. The largest absolute Gasteiger partial charge is 0.507 e. The van der Waals surface area contributed by atoms with Gasteiger partial charge in [-0.05, 0) is 13.3 Å². The molecule has 0 aromatic carbocycles. The van der Waals surface area contributed by atoms with Crippen molar-refractivity contribution in [2.75, 3.05) is 14.2 Å². The quantitative estimate of drug-likeness (QED) is 0.579. The highest BCUT2D eigenvalue weighted by Crippen LogP contribution is 1.98. The van der Waals surface area contributed by atoms with E-state index in [9.17, 15) is 9.18 Å². The monoisotopic (exact) mass is 178 g/mol. The number of carbonyl (C=O) groups is 1. The Morgan fingerprint density at radius 2 is 1.83 bits per heavy atom. The number of hydrogen-bond acceptors (Lipinski definition) is 3. The molecule has 0 aliphatic heterocycles. The van der Waals surface area contributed by atoms with Gasteiger partial charge in [-0.2, -0.15) is 0 Å². The summed E-state index contributed by atoms with van der Waals surface area (Å²) in [5.41, 5.74) is 0. The van der Waals surface area contributed by atoms with Gasteiger partial charge in [-0.1, -0.05) is 13.0 Å². The topological polar surface area (TPSA) is 35.5 Å². The second-order valence-electron chi connectivity index (χ2n) is 1.75. The van der Waals surface area contributed by atoms with Crippen LogP contribution in [0.1, 0.15) is 20.3 Å². The van der Waals surface area contributed by atoms with E-state index in [2.05, 4.69) is 9.47 Å². The zero-order valence-electron chi connectivity index (χ0n) is 7.89. The Kier molecular flexibility index (Phi) is 11.2. The summed E-state index contributed by atoms with van der Waals surface area (Å²) in [5, 5.41) is 0. The standard InChI is InChI=1S/C5H9F.C3H6O3/c1-3-5(6)4-2;1-5-3(4)6-2/h3H,4H2,1-2H3;1-2H3. The van der Waals surface area contributed by atoms with Crippen LogP contribution in [0.5, 0.6) is 0 Å². The third kappa shape index (κ3) is 11.7. The Balaban J connectivity index is 0. The highest BCUT2D eigenvalue weighted by atomic mass is 19.1. The van der Waals surface area contributed by atoms with Crippen molar-refractivity contribution in [3.8, 4) is 0 Å². The molecule has 0 aromatic rings. The zero-order chi connectivity index (χ0) is 9.98. The zero-order valence-corrected chi connectivity index (χ0v) is 7.89. The Labute approximate surface area is 72.2 Å². The summed E-state index contributed by atoms with van der Waals surface area (Å²) in [5.74, 6) is -0.0324. The normalized spacial score (nSPS) is 9.58. The molecule has 0 saturated carbocycles. The lowest BCUT2D eigenvalue weighted by Crippen LogP contribution is -1.97. The first-order valence-electron chi connectivity index (χ1n) is 3.54. The summed E-state index contributed by atoms with van der Waals surface area (Å²) in [6.45, 7) is 3.48. The van der Waals surface area contributed by atoms with Crippen LogP contribution >= 0.6 is 0 Å². The van der Waals surface area contributed by atoms with E-state index in [1.807, 2.05) is 0 Å². The van der Waals surface area contributed by atoms with Gasteiger partial charge in [-0.3, -0.25) is 0 Å². The smallest absolute Gasteiger partial charge is 0.438 e. The van der Waals surface area contributed by atoms with Crippen molar-refractivity contribution in [3.05, 3.63) is 11.9 Å². The van der Waals surface area contributed by atoms with E-state index >= 15 is 0 Å². The average Bonchev–Trinajstić information content (AvgIpc) is 2.16. The molecule has 4 heteroatoms. The molecule has 0 amide bonds. The van der Waals surface area contributed by atoms with Crippen LogP contribution in [0, 0.1) is 0 Å². The van der Waals surface area contributed by atoms with E-state index in [-0.39, 0.29) is 5.83 Å². The first-order valence-corrected chi connectivity index (χ1v) is 3.54. The van der Waals surface area contributed by atoms with Crippen molar-refractivity contribution in [2.45, 2.75) is 20.3 Å². The van der Waals surface area contributed by atoms with Gasteiger partial charge in [-0.25, -0.2) is 9.18 Å². The molecule has 0 radical (unpaired) electrons. The fraction of sp³-hybridized carbons (Fsp3) is 0.625. The Morgan fingerprint density at radius 1 is 1.42 bits per heavy atom.